The number of hydrogen-bond donors (Lipinski definition) is 0. The second-order valence-electron chi connectivity index (χ2n) is 4.44. The van der Waals surface area contributed by atoms with Crippen molar-refractivity contribution >= 4 is 15.6 Å². The second kappa shape index (κ2) is 5.06. The molecule has 3 nitrogen and oxygen atoms in total. The van der Waals surface area contributed by atoms with Gasteiger partial charge < -0.3 is 0 Å². The van der Waals surface area contributed by atoms with Crippen molar-refractivity contribution in [1.82, 2.24) is 0 Å². The highest BCUT2D eigenvalue weighted by atomic mass is 32.2. The highest BCUT2D eigenvalue weighted by molar-refractivity contribution is 7.95. The summed E-state index contributed by atoms with van der Waals surface area (Å²) < 4.78 is 24.6. The number of benzene rings is 1. The fraction of sp³-hybridized carbons (Fsp3) is 0.357. The lowest BCUT2D eigenvalue weighted by Crippen LogP contribution is -2.11. The van der Waals surface area contributed by atoms with Crippen LogP contribution >= 0.6 is 0 Å². The van der Waals surface area contributed by atoms with Crippen molar-refractivity contribution in [3.05, 3.63) is 41.3 Å². The number of hydrogen-bond acceptors (Lipinski definition) is 3. The van der Waals surface area contributed by atoms with Crippen LogP contribution in [0.2, 0.25) is 0 Å². The normalized spacial score (nSPS) is 19.6. The Kier molecular flexibility index (Phi) is 3.66. The molecule has 1 aromatic rings. The van der Waals surface area contributed by atoms with Gasteiger partial charge in [0, 0.05) is 17.2 Å². The summed E-state index contributed by atoms with van der Waals surface area (Å²) in [5.41, 5.74) is 0. The summed E-state index contributed by atoms with van der Waals surface area (Å²) in [6.45, 7) is 1.81. The first kappa shape index (κ1) is 13.0. The van der Waals surface area contributed by atoms with E-state index in [1.54, 1.807) is 36.4 Å². The van der Waals surface area contributed by atoms with Gasteiger partial charge in [-0.2, -0.15) is 0 Å². The van der Waals surface area contributed by atoms with E-state index in [1.807, 2.05) is 6.92 Å². The number of ketones is 1. The first-order valence-corrected chi connectivity index (χ1v) is 7.56. The van der Waals surface area contributed by atoms with Gasteiger partial charge in [-0.1, -0.05) is 31.2 Å². The molecule has 0 saturated carbocycles. The molecule has 0 aromatic heterocycles. The predicted molar refractivity (Wildman–Crippen MR) is 69.7 cm³/mol. The van der Waals surface area contributed by atoms with Gasteiger partial charge in [-0.25, -0.2) is 8.42 Å². The lowest BCUT2D eigenvalue weighted by molar-refractivity contribution is -0.122. The Morgan fingerprint density at radius 3 is 2.56 bits per heavy atom. The average molecular weight is 264 g/mol. The number of carbonyl (C=O) groups excluding carboxylic acids is 1. The SMILES string of the molecule is CCC(=O)C1CC=C(S(=O)(=O)c2ccccc2)C1. The number of rotatable bonds is 4. The van der Waals surface area contributed by atoms with Gasteiger partial charge in [0.15, 0.2) is 0 Å². The molecule has 0 heterocycles. The van der Waals surface area contributed by atoms with E-state index in [0.29, 0.717) is 29.1 Å². The Morgan fingerprint density at radius 1 is 1.28 bits per heavy atom. The van der Waals surface area contributed by atoms with Gasteiger partial charge in [0.05, 0.1) is 4.90 Å². The smallest absolute Gasteiger partial charge is 0.202 e. The minimum Gasteiger partial charge on any atom is -0.299 e. The number of carbonyl (C=O) groups is 1. The fourth-order valence-electron chi connectivity index (χ4n) is 2.19. The van der Waals surface area contributed by atoms with E-state index in [4.69, 9.17) is 0 Å². The highest BCUT2D eigenvalue weighted by Crippen LogP contribution is 2.33. The van der Waals surface area contributed by atoms with Crippen molar-refractivity contribution in [3.63, 3.8) is 0 Å². The Balaban J connectivity index is 2.22. The maximum atomic E-state index is 12.3. The first-order valence-electron chi connectivity index (χ1n) is 6.07. The Bertz CT molecular complexity index is 570. The van der Waals surface area contributed by atoms with Crippen LogP contribution < -0.4 is 0 Å². The molecule has 0 bridgehead atoms. The zero-order valence-electron chi connectivity index (χ0n) is 10.3. The molecule has 0 radical (unpaired) electrons. The van der Waals surface area contributed by atoms with Crippen LogP contribution in [0.1, 0.15) is 26.2 Å². The van der Waals surface area contributed by atoms with E-state index in [0.717, 1.165) is 0 Å². The number of Topliss-reactive ketones (excluding diaryl/α,β-unsaturated/α-hetero) is 1. The minimum atomic E-state index is -3.40. The molecule has 4 heteroatoms. The van der Waals surface area contributed by atoms with Crippen LogP contribution in [0, 0.1) is 5.92 Å². The van der Waals surface area contributed by atoms with E-state index >= 15 is 0 Å². The summed E-state index contributed by atoms with van der Waals surface area (Å²) in [6.07, 6.45) is 3.07. The summed E-state index contributed by atoms with van der Waals surface area (Å²) >= 11 is 0. The Hall–Kier alpha value is -1.42. The molecular weight excluding hydrogens is 248 g/mol. The van der Waals surface area contributed by atoms with Gasteiger partial charge in [0.25, 0.3) is 0 Å². The zero-order chi connectivity index (χ0) is 13.2. The molecule has 0 spiro atoms. The fourth-order valence-corrected chi connectivity index (χ4v) is 3.74. The standard InChI is InChI=1S/C14H16O3S/c1-2-14(15)11-8-9-13(10-11)18(16,17)12-6-4-3-5-7-12/h3-7,9,11H,2,8,10H2,1H3. The van der Waals surface area contributed by atoms with Gasteiger partial charge in [-0.3, -0.25) is 4.79 Å². The van der Waals surface area contributed by atoms with Crippen molar-refractivity contribution in [2.75, 3.05) is 0 Å². The van der Waals surface area contributed by atoms with Gasteiger partial charge in [0.2, 0.25) is 9.84 Å². The molecule has 0 fully saturated rings. The largest absolute Gasteiger partial charge is 0.299 e. The summed E-state index contributed by atoms with van der Waals surface area (Å²) in [5, 5.41) is 0. The third-order valence-corrected chi connectivity index (χ3v) is 5.20. The monoisotopic (exact) mass is 264 g/mol. The summed E-state index contributed by atoms with van der Waals surface area (Å²) in [7, 11) is -3.40. The van der Waals surface area contributed by atoms with Gasteiger partial charge in [-0.15, -0.1) is 0 Å². The van der Waals surface area contributed by atoms with Crippen LogP contribution in [-0.4, -0.2) is 14.2 Å². The van der Waals surface area contributed by atoms with Gasteiger partial charge in [-0.05, 0) is 25.0 Å². The van der Waals surface area contributed by atoms with Crippen LogP contribution in [-0.2, 0) is 14.6 Å². The molecule has 0 amide bonds. The molecule has 0 N–H and O–H groups in total. The third kappa shape index (κ3) is 2.38. The summed E-state index contributed by atoms with van der Waals surface area (Å²) in [6, 6.07) is 8.37. The zero-order valence-corrected chi connectivity index (χ0v) is 11.1. The second-order valence-corrected chi connectivity index (χ2v) is 6.45. The molecule has 0 saturated heterocycles. The van der Waals surface area contributed by atoms with Crippen LogP contribution in [0.15, 0.2) is 46.2 Å². The molecule has 1 aromatic carbocycles. The lowest BCUT2D eigenvalue weighted by Gasteiger charge is -2.08. The van der Waals surface area contributed by atoms with Crippen molar-refractivity contribution in [1.29, 1.82) is 0 Å². The Labute approximate surface area is 107 Å². The van der Waals surface area contributed by atoms with Crippen molar-refractivity contribution in [2.45, 2.75) is 31.1 Å². The topological polar surface area (TPSA) is 51.2 Å². The van der Waals surface area contributed by atoms with Crippen LogP contribution in [0.5, 0.6) is 0 Å². The van der Waals surface area contributed by atoms with Crippen LogP contribution in [0.4, 0.5) is 0 Å². The number of sulfone groups is 1. The van der Waals surface area contributed by atoms with E-state index in [9.17, 15) is 13.2 Å². The van der Waals surface area contributed by atoms with E-state index < -0.39 is 9.84 Å². The molecule has 1 aliphatic rings. The average Bonchev–Trinajstić information content (AvgIpc) is 2.89. The Morgan fingerprint density at radius 2 is 1.94 bits per heavy atom. The molecule has 0 aliphatic heterocycles. The van der Waals surface area contributed by atoms with Gasteiger partial charge in [0.1, 0.15) is 5.78 Å². The molecule has 1 aliphatic carbocycles. The van der Waals surface area contributed by atoms with E-state index in [2.05, 4.69) is 0 Å². The minimum absolute atomic E-state index is 0.143. The molecule has 96 valence electrons. The molecule has 1 atom stereocenters. The first-order chi connectivity index (χ1) is 8.55. The van der Waals surface area contributed by atoms with Crippen molar-refractivity contribution in [3.8, 4) is 0 Å². The molecule has 1 unspecified atom stereocenters. The molecule has 18 heavy (non-hydrogen) atoms. The van der Waals surface area contributed by atoms with Crippen LogP contribution in [0.25, 0.3) is 0 Å². The predicted octanol–water partition coefficient (Wildman–Crippen LogP) is 2.73. The highest BCUT2D eigenvalue weighted by Gasteiger charge is 2.30. The van der Waals surface area contributed by atoms with Crippen molar-refractivity contribution < 1.29 is 13.2 Å². The van der Waals surface area contributed by atoms with Gasteiger partial charge >= 0.3 is 0 Å². The molecule has 2 rings (SSSR count). The maximum absolute atomic E-state index is 12.3. The lowest BCUT2D eigenvalue weighted by atomic mass is 10.0. The summed E-state index contributed by atoms with van der Waals surface area (Å²) in [5.74, 6) is -0.00648. The van der Waals surface area contributed by atoms with Crippen molar-refractivity contribution in [2.24, 2.45) is 5.92 Å². The summed E-state index contributed by atoms with van der Waals surface area (Å²) in [4.78, 5) is 12.3. The van der Waals surface area contributed by atoms with Crippen LogP contribution in [0.3, 0.4) is 0 Å². The third-order valence-electron chi connectivity index (χ3n) is 3.28. The number of allylic oxidation sites excluding steroid dienone is 2. The van der Waals surface area contributed by atoms with E-state index in [-0.39, 0.29) is 11.7 Å². The molecular formula is C14H16O3S. The van der Waals surface area contributed by atoms with E-state index in [1.165, 1.54) is 0 Å². The quantitative estimate of drug-likeness (QED) is 0.840. The maximum Gasteiger partial charge on any atom is 0.202 e.